The van der Waals surface area contributed by atoms with Crippen molar-refractivity contribution in [3.63, 3.8) is 0 Å². The second kappa shape index (κ2) is 3.37. The van der Waals surface area contributed by atoms with Gasteiger partial charge in [-0.25, -0.2) is 0 Å². The minimum absolute atomic E-state index is 0.237. The van der Waals surface area contributed by atoms with Gasteiger partial charge >= 0.3 is 0 Å². The highest BCUT2D eigenvalue weighted by molar-refractivity contribution is 5.20. The predicted octanol–water partition coefficient (Wildman–Crippen LogP) is 1.56. The fourth-order valence-electron chi connectivity index (χ4n) is 0.861. The number of benzene rings is 1. The first-order chi connectivity index (χ1) is 4.84. The van der Waals surface area contributed by atoms with Gasteiger partial charge in [0.15, 0.2) is 0 Å². The van der Waals surface area contributed by atoms with Gasteiger partial charge < -0.3 is 5.73 Å². The van der Waals surface area contributed by atoms with Crippen LogP contribution in [0.25, 0.3) is 0 Å². The first kappa shape index (κ1) is 7.29. The molecule has 0 saturated heterocycles. The third kappa shape index (κ3) is 1.58. The van der Waals surface area contributed by atoms with E-state index in [-0.39, 0.29) is 5.92 Å². The molecule has 0 spiro atoms. The van der Waals surface area contributed by atoms with E-state index in [1.165, 1.54) is 5.56 Å². The van der Waals surface area contributed by atoms with Crippen molar-refractivity contribution in [2.75, 3.05) is 6.54 Å². The molecule has 0 aliphatic carbocycles. The molecular weight excluding hydrogens is 122 g/mol. The minimum Gasteiger partial charge on any atom is -0.330 e. The fourth-order valence-corrected chi connectivity index (χ4v) is 0.861. The highest BCUT2D eigenvalue weighted by Gasteiger charge is 1.99. The van der Waals surface area contributed by atoms with Crippen molar-refractivity contribution in [3.8, 4) is 0 Å². The van der Waals surface area contributed by atoms with E-state index in [2.05, 4.69) is 6.92 Å². The predicted molar refractivity (Wildman–Crippen MR) is 43.6 cm³/mol. The van der Waals surface area contributed by atoms with E-state index in [0.717, 1.165) is 0 Å². The molecule has 10 heavy (non-hydrogen) atoms. The lowest BCUT2D eigenvalue weighted by atomic mass is 10.0. The van der Waals surface area contributed by atoms with Crippen molar-refractivity contribution in [1.29, 1.82) is 0 Å². The number of nitrogens with two attached hydrogens (primary N) is 1. The molecule has 2 N–H and O–H groups in total. The highest BCUT2D eigenvalue weighted by Crippen LogP contribution is 2.11. The molecule has 1 aromatic carbocycles. The van der Waals surface area contributed by atoms with E-state index < -0.39 is 0 Å². The van der Waals surface area contributed by atoms with Crippen molar-refractivity contribution in [2.45, 2.75) is 5.92 Å². The molecule has 1 nitrogen and oxygen atoms in total. The largest absolute Gasteiger partial charge is 0.330 e. The Labute approximate surface area is 61.9 Å². The van der Waals surface area contributed by atoms with E-state index in [1.807, 2.05) is 30.3 Å². The smallest absolute Gasteiger partial charge is 0.000823 e. The maximum absolute atomic E-state index is 5.44. The molecule has 0 bridgehead atoms. The van der Waals surface area contributed by atoms with Gasteiger partial charge in [0, 0.05) is 0 Å². The van der Waals surface area contributed by atoms with Gasteiger partial charge in [0.2, 0.25) is 0 Å². The van der Waals surface area contributed by atoms with Crippen molar-refractivity contribution in [2.24, 2.45) is 5.73 Å². The summed E-state index contributed by atoms with van der Waals surface area (Å²) in [4.78, 5) is 0. The van der Waals surface area contributed by atoms with Crippen LogP contribution in [0.1, 0.15) is 11.5 Å². The van der Waals surface area contributed by atoms with Gasteiger partial charge in [-0.05, 0) is 24.9 Å². The van der Waals surface area contributed by atoms with Crippen LogP contribution in [0.3, 0.4) is 0 Å². The average molecular weight is 134 g/mol. The minimum atomic E-state index is 0.237. The zero-order valence-corrected chi connectivity index (χ0v) is 5.96. The van der Waals surface area contributed by atoms with Crippen LogP contribution in [0.2, 0.25) is 0 Å². The van der Waals surface area contributed by atoms with Crippen molar-refractivity contribution >= 4 is 0 Å². The summed E-state index contributed by atoms with van der Waals surface area (Å²) < 4.78 is 0. The molecule has 0 fully saturated rings. The molecule has 1 atom stereocenters. The van der Waals surface area contributed by atoms with Crippen LogP contribution in [0.4, 0.5) is 0 Å². The third-order valence-corrected chi connectivity index (χ3v) is 1.56. The molecule has 0 amide bonds. The summed E-state index contributed by atoms with van der Waals surface area (Å²) >= 11 is 0. The van der Waals surface area contributed by atoms with Crippen molar-refractivity contribution in [1.82, 2.24) is 0 Å². The van der Waals surface area contributed by atoms with Crippen LogP contribution in [-0.4, -0.2) is 6.54 Å². The zero-order chi connectivity index (χ0) is 7.40. The number of hydrogen-bond donors (Lipinski definition) is 1. The Bertz CT molecular complexity index is 181. The number of rotatable bonds is 2. The van der Waals surface area contributed by atoms with Gasteiger partial charge in [-0.2, -0.15) is 0 Å². The van der Waals surface area contributed by atoms with Gasteiger partial charge in [-0.3, -0.25) is 0 Å². The van der Waals surface area contributed by atoms with Gasteiger partial charge in [0.05, 0.1) is 0 Å². The molecule has 1 rings (SSSR count). The molecule has 1 radical (unpaired) electrons. The van der Waals surface area contributed by atoms with E-state index in [1.54, 1.807) is 0 Å². The Morgan fingerprint density at radius 1 is 1.30 bits per heavy atom. The summed E-state index contributed by atoms with van der Waals surface area (Å²) in [6, 6.07) is 10.1. The molecule has 0 saturated carbocycles. The summed E-state index contributed by atoms with van der Waals surface area (Å²) in [7, 11) is 0. The number of hydrogen-bond acceptors (Lipinski definition) is 1. The zero-order valence-electron chi connectivity index (χ0n) is 5.96. The van der Waals surface area contributed by atoms with E-state index in [4.69, 9.17) is 5.73 Å². The Morgan fingerprint density at radius 3 is 2.40 bits per heavy atom. The quantitative estimate of drug-likeness (QED) is 0.652. The lowest BCUT2D eigenvalue weighted by Crippen LogP contribution is -2.08. The molecule has 0 heterocycles. The van der Waals surface area contributed by atoms with Crippen molar-refractivity contribution in [3.05, 3.63) is 42.8 Å². The molecule has 0 aliphatic heterocycles. The Hall–Kier alpha value is -0.820. The second-order valence-electron chi connectivity index (χ2n) is 2.34. The Morgan fingerprint density at radius 2 is 1.90 bits per heavy atom. The van der Waals surface area contributed by atoms with Crippen LogP contribution in [0.5, 0.6) is 0 Å². The van der Waals surface area contributed by atoms with Crippen LogP contribution in [0, 0.1) is 6.92 Å². The van der Waals surface area contributed by atoms with Crippen LogP contribution in [0.15, 0.2) is 30.3 Å². The lowest BCUT2D eigenvalue weighted by molar-refractivity contribution is 0.846. The highest BCUT2D eigenvalue weighted by atomic mass is 14.5. The molecule has 1 heteroatoms. The van der Waals surface area contributed by atoms with Crippen LogP contribution in [-0.2, 0) is 0 Å². The van der Waals surface area contributed by atoms with Crippen molar-refractivity contribution < 1.29 is 0 Å². The molecule has 0 aliphatic rings. The van der Waals surface area contributed by atoms with Crippen LogP contribution < -0.4 is 5.73 Å². The van der Waals surface area contributed by atoms with Gasteiger partial charge in [0.25, 0.3) is 0 Å². The maximum Gasteiger partial charge on any atom is -0.000823 e. The van der Waals surface area contributed by atoms with E-state index in [0.29, 0.717) is 6.54 Å². The molecule has 53 valence electrons. The summed E-state index contributed by atoms with van der Waals surface area (Å²) in [6.07, 6.45) is 0. The Kier molecular flexibility index (Phi) is 2.46. The Balaban J connectivity index is 2.75. The van der Waals surface area contributed by atoms with E-state index in [9.17, 15) is 0 Å². The monoisotopic (exact) mass is 134 g/mol. The summed E-state index contributed by atoms with van der Waals surface area (Å²) in [5.74, 6) is 0.237. The third-order valence-electron chi connectivity index (χ3n) is 1.56. The maximum atomic E-state index is 5.44. The first-order valence-corrected chi connectivity index (χ1v) is 3.42. The van der Waals surface area contributed by atoms with Gasteiger partial charge in [-0.1, -0.05) is 30.3 Å². The molecule has 1 aromatic rings. The van der Waals surface area contributed by atoms with Crippen LogP contribution >= 0.6 is 0 Å². The SMILES string of the molecule is [CH2][C@H](CN)c1ccccc1. The van der Waals surface area contributed by atoms with Gasteiger partial charge in [-0.15, -0.1) is 0 Å². The van der Waals surface area contributed by atoms with E-state index >= 15 is 0 Å². The average Bonchev–Trinajstić information content (AvgIpc) is 2.05. The molecular formula is C9H12N. The molecule has 0 aromatic heterocycles. The first-order valence-electron chi connectivity index (χ1n) is 3.42. The standard InChI is InChI=1S/C9H12N/c1-8(7-10)9-5-3-2-4-6-9/h2-6,8H,1,7,10H2/t8-/m1/s1. The van der Waals surface area contributed by atoms with Gasteiger partial charge in [0.1, 0.15) is 0 Å². The summed E-state index contributed by atoms with van der Waals surface area (Å²) in [6.45, 7) is 4.52. The normalized spacial score (nSPS) is 13.0. The summed E-state index contributed by atoms with van der Waals surface area (Å²) in [5.41, 5.74) is 6.65. The fraction of sp³-hybridized carbons (Fsp3) is 0.222. The summed E-state index contributed by atoms with van der Waals surface area (Å²) in [5, 5.41) is 0. The second-order valence-corrected chi connectivity index (χ2v) is 2.34. The molecule has 0 unspecified atom stereocenters. The lowest BCUT2D eigenvalue weighted by Gasteiger charge is -2.06. The topological polar surface area (TPSA) is 26.0 Å².